The van der Waals surface area contributed by atoms with Crippen LogP contribution < -0.4 is 103 Å². The van der Waals surface area contributed by atoms with Crippen molar-refractivity contribution >= 4 is 130 Å². The first-order chi connectivity index (χ1) is 58.3. The summed E-state index contributed by atoms with van der Waals surface area (Å²) in [6.07, 6.45) is -6.64. The normalized spacial score (nSPS) is 16.4. The highest BCUT2D eigenvalue weighted by Gasteiger charge is 2.42. The van der Waals surface area contributed by atoms with Crippen molar-refractivity contribution in [2.45, 2.75) is 228 Å². The third-order valence-corrected chi connectivity index (χ3v) is 20.0. The average Bonchev–Trinajstić information content (AvgIpc) is 1.63. The number of carboxylic acids is 2. The largest absolute Gasteiger partial charge is 0.508 e. The van der Waals surface area contributed by atoms with Crippen LogP contribution in [-0.2, 0) is 104 Å². The van der Waals surface area contributed by atoms with Crippen LogP contribution in [0.2, 0.25) is 0 Å². The summed E-state index contributed by atoms with van der Waals surface area (Å²) in [5.41, 5.74) is 22.9. The number of carbonyl (C=O) groups is 19. The first-order valence-electron chi connectivity index (χ1n) is 39.6. The molecule has 0 saturated carbocycles. The second kappa shape index (κ2) is 53.5. The standard InChI is InChI=1S/C76H117N21O26S/c1-8-36(2)58(94-66(113)45(16-12-27-82-76(80)81)88-65(112)46(23-25-57(107)108)87-63(110)44(77)26-29-124-7)71(118)84-34-56(106)93-59(38(4)99)72(119)91-49(30-41-14-10-9-11-15-41)67(114)90-48(31-42-18-20-43(102)21-19-42)68(115)92-51(35-98)64(111)83-33-55(105)86-50(32-54(79)104)69(116)95-60(39(5)100)73(120)89-47(22-24-53(78)103)74(121)97-28-13-17-52(97)70(117)85-37(3)62(109)96-61(40(6)101)75(122)123/h9-11,14-15,18-21,36-40,44-52,58-61,98-102H,8,12-13,16-17,22-35,77H2,1-7H3,(H2,78,103)(H2,79,104)(H,83,111)(H,84,118)(H,85,117)(H,86,105)(H,87,110)(H,88,112)(H,89,120)(H,90,114)(H,91,119)(H,92,115)(H,93,106)(H,94,113)(H,95,116)(H,96,109)(H,107,108)(H,122,123)(H4,80,81,82)/t36-,37-,38+,39+,40+,44-,45-,46-,47-,48-,49-,50-,51-,52-,58-,59-,60-,61-/m0/s1. The number of aromatic hydroxyl groups is 1. The van der Waals surface area contributed by atoms with Crippen LogP contribution >= 0.6 is 11.8 Å². The van der Waals surface area contributed by atoms with Gasteiger partial charge in [-0.2, -0.15) is 11.8 Å². The van der Waals surface area contributed by atoms with Gasteiger partial charge in [0.2, 0.25) is 100 Å². The predicted octanol–water partition coefficient (Wildman–Crippen LogP) is -10.1. The number of phenolic OH excluding ortho intramolecular Hbond substituents is 1. The van der Waals surface area contributed by atoms with Crippen molar-refractivity contribution in [1.29, 1.82) is 5.41 Å². The van der Waals surface area contributed by atoms with E-state index in [2.05, 4.69) is 79.8 Å². The van der Waals surface area contributed by atoms with Gasteiger partial charge in [0.15, 0.2) is 12.0 Å². The molecule has 688 valence electrons. The number of nitrogens with one attached hydrogen (secondary N) is 16. The lowest BCUT2D eigenvalue weighted by atomic mass is 9.97. The summed E-state index contributed by atoms with van der Waals surface area (Å²) >= 11 is 1.40. The Balaban J connectivity index is 1.84. The fraction of sp³-hybridized carbons (Fsp3) is 0.579. The lowest BCUT2D eigenvalue weighted by Crippen LogP contribution is -2.62. The quantitative estimate of drug-likeness (QED) is 0.0166. The highest BCUT2D eigenvalue weighted by atomic mass is 32.2. The van der Waals surface area contributed by atoms with Gasteiger partial charge in [0.1, 0.15) is 78.3 Å². The van der Waals surface area contributed by atoms with Crippen molar-refractivity contribution in [2.75, 3.05) is 44.8 Å². The molecule has 18 atom stereocenters. The van der Waals surface area contributed by atoms with E-state index in [0.717, 1.165) is 25.7 Å². The van der Waals surface area contributed by atoms with Crippen molar-refractivity contribution in [2.24, 2.45) is 28.9 Å². The highest BCUT2D eigenvalue weighted by molar-refractivity contribution is 7.98. The Morgan fingerprint density at radius 1 is 0.500 bits per heavy atom. The van der Waals surface area contributed by atoms with Gasteiger partial charge in [-0.3, -0.25) is 91.7 Å². The van der Waals surface area contributed by atoms with E-state index in [1.54, 1.807) is 50.4 Å². The first-order valence-corrected chi connectivity index (χ1v) is 41.0. The summed E-state index contributed by atoms with van der Waals surface area (Å²) in [5, 5.41) is 114. The highest BCUT2D eigenvalue weighted by Crippen LogP contribution is 2.22. The number of rotatable bonds is 55. The third kappa shape index (κ3) is 37.1. The monoisotopic (exact) mass is 1770 g/mol. The summed E-state index contributed by atoms with van der Waals surface area (Å²) in [6, 6.07) is -9.93. The molecule has 124 heavy (non-hydrogen) atoms. The third-order valence-electron chi connectivity index (χ3n) is 19.4. The average molecular weight is 1770 g/mol. The van der Waals surface area contributed by atoms with Gasteiger partial charge < -0.3 is 143 Å². The van der Waals surface area contributed by atoms with Gasteiger partial charge in [-0.15, -0.1) is 0 Å². The van der Waals surface area contributed by atoms with Crippen molar-refractivity contribution in [1.82, 2.24) is 84.7 Å². The molecule has 1 aliphatic heterocycles. The van der Waals surface area contributed by atoms with Crippen LogP contribution in [0.1, 0.15) is 123 Å². The first kappa shape index (κ1) is 106. The van der Waals surface area contributed by atoms with Crippen molar-refractivity contribution in [3.8, 4) is 5.75 Å². The van der Waals surface area contributed by atoms with Crippen LogP contribution in [0.25, 0.3) is 0 Å². The Morgan fingerprint density at radius 2 is 0.976 bits per heavy atom. The van der Waals surface area contributed by atoms with Gasteiger partial charge >= 0.3 is 11.9 Å². The number of primary amides is 2. The molecule has 31 N–H and O–H groups in total. The van der Waals surface area contributed by atoms with E-state index in [-0.39, 0.29) is 69.3 Å². The zero-order chi connectivity index (χ0) is 93.4. The van der Waals surface area contributed by atoms with Crippen LogP contribution in [0.4, 0.5) is 0 Å². The molecule has 0 unspecified atom stereocenters. The minimum Gasteiger partial charge on any atom is -0.508 e. The number of carboxylic acid groups (broad SMARTS) is 2. The number of thioether (sulfide) groups is 1. The number of hydrogen-bond donors (Lipinski definition) is 27. The molecule has 0 aromatic heterocycles. The Morgan fingerprint density at radius 3 is 1.51 bits per heavy atom. The molecule has 0 spiro atoms. The number of phenols is 1. The van der Waals surface area contributed by atoms with Crippen molar-refractivity contribution in [3.63, 3.8) is 0 Å². The van der Waals surface area contributed by atoms with Crippen molar-refractivity contribution < 1.29 is 127 Å². The lowest BCUT2D eigenvalue weighted by Gasteiger charge is -2.31. The molecule has 1 aliphatic rings. The molecule has 2 aromatic rings. The summed E-state index contributed by atoms with van der Waals surface area (Å²) in [6.45, 7) is 4.35. The maximum absolute atomic E-state index is 14.7. The van der Waals surface area contributed by atoms with Gasteiger partial charge in [-0.1, -0.05) is 62.7 Å². The van der Waals surface area contributed by atoms with Crippen LogP contribution in [0.5, 0.6) is 5.75 Å². The topological polar surface area (TPSA) is 778 Å². The Labute approximate surface area is 717 Å². The lowest BCUT2D eigenvalue weighted by molar-refractivity contribution is -0.145. The maximum atomic E-state index is 14.7. The van der Waals surface area contributed by atoms with Crippen molar-refractivity contribution in [3.05, 3.63) is 65.7 Å². The molecule has 2 aromatic carbocycles. The number of benzene rings is 2. The number of hydrogen-bond acceptors (Lipinski definition) is 27. The van der Waals surface area contributed by atoms with E-state index < -0.39 is 285 Å². The molecule has 0 aliphatic carbocycles. The summed E-state index contributed by atoms with van der Waals surface area (Å²) in [7, 11) is 0. The van der Waals surface area contributed by atoms with E-state index in [9.17, 15) is 127 Å². The fourth-order valence-electron chi connectivity index (χ4n) is 12.2. The summed E-state index contributed by atoms with van der Waals surface area (Å²) < 4.78 is 0. The molecule has 1 heterocycles. The molecular formula is C76H117N21O26S. The molecule has 47 nitrogen and oxygen atoms in total. The summed E-state index contributed by atoms with van der Waals surface area (Å²) in [5.74, 6) is -22.3. The van der Waals surface area contributed by atoms with E-state index >= 15 is 0 Å². The number of aliphatic carboxylic acids is 2. The molecule has 1 fully saturated rings. The molecule has 17 amide bonds. The van der Waals surface area contributed by atoms with E-state index in [0.29, 0.717) is 11.3 Å². The molecule has 0 radical (unpaired) electrons. The number of nitrogens with zero attached hydrogens (tertiary/aromatic N) is 1. The second-order valence-corrected chi connectivity index (χ2v) is 30.5. The maximum Gasteiger partial charge on any atom is 0.328 e. The molecular weight excluding hydrogens is 1660 g/mol. The number of aliphatic hydroxyl groups excluding tert-OH is 4. The number of guanidine groups is 1. The molecule has 0 bridgehead atoms. The minimum atomic E-state index is -2.04. The van der Waals surface area contributed by atoms with E-state index in [1.807, 2.05) is 0 Å². The molecule has 48 heteroatoms. The number of amides is 17. The van der Waals surface area contributed by atoms with Crippen LogP contribution in [0.3, 0.4) is 0 Å². The number of nitrogens with two attached hydrogens (primary N) is 4. The van der Waals surface area contributed by atoms with Gasteiger partial charge in [0, 0.05) is 38.8 Å². The van der Waals surface area contributed by atoms with Gasteiger partial charge in [-0.25, -0.2) is 4.79 Å². The zero-order valence-electron chi connectivity index (χ0n) is 69.6. The molecule has 3 rings (SSSR count). The Hall–Kier alpha value is -12.4. The number of aliphatic hydroxyl groups is 4. The second-order valence-electron chi connectivity index (χ2n) is 29.5. The zero-order valence-corrected chi connectivity index (χ0v) is 70.4. The SMILES string of the molecule is CC[C@H](C)[C@H](NC(=O)[C@H](CCCNC(=N)N)NC(=O)[C@H](CCC(=O)O)NC(=O)[C@@H](N)CCSC)C(=O)NCC(=O)N[C@H](C(=O)N[C@@H](Cc1ccccc1)C(=O)N[C@@H](Cc1ccc(O)cc1)C(=O)N[C@@H](CO)C(=O)NCC(=O)N[C@@H](CC(N)=O)C(=O)N[C@H](C(=O)N[C@@H](CCC(N)=O)C(=O)N1CCC[C@H]1C(=O)N[C@@H](C)C(=O)N[C@H](C(=O)O)[C@@H](C)O)[C@@H](C)O)[C@@H](C)O. The van der Waals surface area contributed by atoms with E-state index in [1.165, 1.54) is 43.0 Å². The number of carbonyl (C=O) groups excluding carboxylic acids is 17. The Bertz CT molecular complexity index is 4060. The smallest absolute Gasteiger partial charge is 0.328 e. The predicted molar refractivity (Wildman–Crippen MR) is 440 cm³/mol. The summed E-state index contributed by atoms with van der Waals surface area (Å²) in [4.78, 5) is 257. The minimum absolute atomic E-state index is 0.00852. The van der Waals surface area contributed by atoms with Crippen LogP contribution in [-0.4, -0.2) is 307 Å². The van der Waals surface area contributed by atoms with Crippen LogP contribution in [0.15, 0.2) is 54.6 Å². The number of likely N-dealkylation sites (tertiary alicyclic amines) is 1. The van der Waals surface area contributed by atoms with Gasteiger partial charge in [0.05, 0.1) is 50.5 Å². The van der Waals surface area contributed by atoms with Crippen LogP contribution in [0, 0.1) is 11.3 Å². The van der Waals surface area contributed by atoms with Gasteiger partial charge in [0.25, 0.3) is 0 Å². The van der Waals surface area contributed by atoms with E-state index in [4.69, 9.17) is 28.3 Å². The molecule has 1 saturated heterocycles. The Kier molecular flexibility index (Phi) is 45.6. The van der Waals surface area contributed by atoms with Gasteiger partial charge in [-0.05, 0) is 114 Å². The fourth-order valence-corrected chi connectivity index (χ4v) is 12.7.